The van der Waals surface area contributed by atoms with Gasteiger partial charge in [0.2, 0.25) is 0 Å². The smallest absolute Gasteiger partial charge is 0.314 e. The van der Waals surface area contributed by atoms with Crippen LogP contribution in [0.1, 0.15) is 5.69 Å². The Bertz CT molecular complexity index is 356. The quantitative estimate of drug-likeness (QED) is 0.834. The number of nitrogens with one attached hydrogen (secondary N) is 1. The normalized spacial score (nSPS) is 18.5. The summed E-state index contributed by atoms with van der Waals surface area (Å²) in [5, 5.41) is 10.6. The highest BCUT2D eigenvalue weighted by atomic mass is 19.4. The van der Waals surface area contributed by atoms with Crippen molar-refractivity contribution in [1.29, 1.82) is 0 Å². The van der Waals surface area contributed by atoms with Crippen molar-refractivity contribution in [1.82, 2.24) is 25.2 Å². The van der Waals surface area contributed by atoms with Gasteiger partial charge in [-0.3, -0.25) is 4.90 Å². The molecule has 0 bridgehead atoms. The van der Waals surface area contributed by atoms with Crippen molar-refractivity contribution in [2.24, 2.45) is 0 Å². The van der Waals surface area contributed by atoms with Gasteiger partial charge in [0.1, 0.15) is 0 Å². The van der Waals surface area contributed by atoms with Crippen LogP contribution in [0, 0.1) is 0 Å². The van der Waals surface area contributed by atoms with Crippen LogP contribution in [0.2, 0.25) is 0 Å². The SMILES string of the molecule is FC(F)(F)Cn1ncc(CN2CCNCC2)n1. The molecular formula is C9H14F3N5. The van der Waals surface area contributed by atoms with Crippen LogP contribution in [0.5, 0.6) is 0 Å². The monoisotopic (exact) mass is 249 g/mol. The van der Waals surface area contributed by atoms with E-state index in [1.54, 1.807) is 0 Å². The van der Waals surface area contributed by atoms with Gasteiger partial charge in [0.25, 0.3) is 0 Å². The molecule has 2 heterocycles. The minimum Gasteiger partial charge on any atom is -0.314 e. The number of hydrogen-bond acceptors (Lipinski definition) is 4. The third-order valence-electron chi connectivity index (χ3n) is 2.50. The van der Waals surface area contributed by atoms with Crippen molar-refractivity contribution < 1.29 is 13.2 Å². The lowest BCUT2D eigenvalue weighted by Crippen LogP contribution is -2.42. The molecule has 8 heteroatoms. The Labute approximate surface area is 96.6 Å². The molecule has 0 spiro atoms. The summed E-state index contributed by atoms with van der Waals surface area (Å²) in [6, 6.07) is 0. The maximum atomic E-state index is 12.1. The number of hydrogen-bond donors (Lipinski definition) is 1. The maximum absolute atomic E-state index is 12.1. The van der Waals surface area contributed by atoms with Crippen LogP contribution in [0.3, 0.4) is 0 Å². The largest absolute Gasteiger partial charge is 0.409 e. The van der Waals surface area contributed by atoms with Gasteiger partial charge in [0, 0.05) is 32.7 Å². The summed E-state index contributed by atoms with van der Waals surface area (Å²) in [6.07, 6.45) is -2.88. The van der Waals surface area contributed by atoms with E-state index in [1.165, 1.54) is 6.20 Å². The van der Waals surface area contributed by atoms with Crippen LogP contribution in [-0.4, -0.2) is 52.2 Å². The van der Waals surface area contributed by atoms with Gasteiger partial charge in [0.15, 0.2) is 6.54 Å². The minimum absolute atomic E-state index is 0.555. The molecule has 0 saturated carbocycles. The van der Waals surface area contributed by atoms with E-state index < -0.39 is 12.7 Å². The first-order chi connectivity index (χ1) is 8.03. The molecule has 0 unspecified atom stereocenters. The lowest BCUT2D eigenvalue weighted by atomic mass is 10.3. The first-order valence-corrected chi connectivity index (χ1v) is 5.42. The molecule has 1 aromatic rings. The van der Waals surface area contributed by atoms with Crippen LogP contribution in [0.4, 0.5) is 13.2 Å². The number of alkyl halides is 3. The van der Waals surface area contributed by atoms with E-state index in [0.717, 1.165) is 26.2 Å². The highest BCUT2D eigenvalue weighted by Crippen LogP contribution is 2.16. The number of rotatable bonds is 3. The number of piperazine rings is 1. The van der Waals surface area contributed by atoms with Gasteiger partial charge in [-0.25, -0.2) is 0 Å². The lowest BCUT2D eigenvalue weighted by molar-refractivity contribution is -0.144. The number of aromatic nitrogens is 3. The molecule has 1 fully saturated rings. The van der Waals surface area contributed by atoms with E-state index in [4.69, 9.17) is 0 Å². The second-order valence-electron chi connectivity index (χ2n) is 4.01. The minimum atomic E-state index is -4.27. The Hall–Kier alpha value is -1.15. The molecule has 1 aliphatic heterocycles. The molecule has 0 amide bonds. The molecule has 1 N–H and O–H groups in total. The van der Waals surface area contributed by atoms with Crippen molar-refractivity contribution >= 4 is 0 Å². The van der Waals surface area contributed by atoms with Gasteiger partial charge in [-0.1, -0.05) is 0 Å². The van der Waals surface area contributed by atoms with E-state index in [1.807, 2.05) is 0 Å². The number of nitrogens with zero attached hydrogens (tertiary/aromatic N) is 4. The molecule has 5 nitrogen and oxygen atoms in total. The predicted octanol–water partition coefficient (Wildman–Crippen LogP) is 0.246. The van der Waals surface area contributed by atoms with Crippen molar-refractivity contribution in [2.75, 3.05) is 26.2 Å². The van der Waals surface area contributed by atoms with Gasteiger partial charge < -0.3 is 5.32 Å². The molecule has 1 aromatic heterocycles. The summed E-state index contributed by atoms with van der Waals surface area (Å²) < 4.78 is 36.3. The highest BCUT2D eigenvalue weighted by molar-refractivity contribution is 4.92. The zero-order valence-electron chi connectivity index (χ0n) is 9.24. The Balaban J connectivity index is 1.89. The average molecular weight is 249 g/mol. The first-order valence-electron chi connectivity index (χ1n) is 5.42. The Morgan fingerprint density at radius 1 is 1.29 bits per heavy atom. The molecule has 1 saturated heterocycles. The summed E-state index contributed by atoms with van der Waals surface area (Å²) in [6.45, 7) is 2.99. The van der Waals surface area contributed by atoms with Crippen molar-refractivity contribution in [3.8, 4) is 0 Å². The van der Waals surface area contributed by atoms with Gasteiger partial charge in [-0.2, -0.15) is 28.2 Å². The molecule has 1 aliphatic rings. The van der Waals surface area contributed by atoms with Crippen LogP contribution >= 0.6 is 0 Å². The fourth-order valence-electron chi connectivity index (χ4n) is 1.74. The molecular weight excluding hydrogens is 235 g/mol. The van der Waals surface area contributed by atoms with E-state index in [9.17, 15) is 13.2 Å². The fourth-order valence-corrected chi connectivity index (χ4v) is 1.74. The molecule has 0 aliphatic carbocycles. The van der Waals surface area contributed by atoms with Crippen LogP contribution in [0.25, 0.3) is 0 Å². The van der Waals surface area contributed by atoms with E-state index in [-0.39, 0.29) is 0 Å². The Kier molecular flexibility index (Phi) is 3.63. The molecule has 17 heavy (non-hydrogen) atoms. The average Bonchev–Trinajstić information content (AvgIpc) is 2.64. The Morgan fingerprint density at radius 2 is 2.00 bits per heavy atom. The third kappa shape index (κ3) is 3.97. The van der Waals surface area contributed by atoms with Gasteiger partial charge in [-0.05, 0) is 0 Å². The van der Waals surface area contributed by atoms with Crippen LogP contribution in [0.15, 0.2) is 6.20 Å². The molecule has 0 atom stereocenters. The standard InChI is InChI=1S/C9H14F3N5/c10-9(11,12)7-17-14-5-8(15-17)6-16-3-1-13-2-4-16/h5,13H,1-4,6-7H2. The lowest BCUT2D eigenvalue weighted by Gasteiger charge is -2.26. The molecule has 96 valence electrons. The van der Waals surface area contributed by atoms with Gasteiger partial charge >= 0.3 is 6.18 Å². The van der Waals surface area contributed by atoms with Crippen LogP contribution in [-0.2, 0) is 13.1 Å². The van der Waals surface area contributed by atoms with Gasteiger partial charge in [-0.15, -0.1) is 0 Å². The number of halogens is 3. The fraction of sp³-hybridized carbons (Fsp3) is 0.778. The van der Waals surface area contributed by atoms with Crippen molar-refractivity contribution in [2.45, 2.75) is 19.3 Å². The summed E-state index contributed by atoms with van der Waals surface area (Å²) >= 11 is 0. The first kappa shape index (κ1) is 12.3. The van der Waals surface area contributed by atoms with E-state index >= 15 is 0 Å². The van der Waals surface area contributed by atoms with Crippen molar-refractivity contribution in [3.05, 3.63) is 11.9 Å². The summed E-state index contributed by atoms with van der Waals surface area (Å²) in [5.74, 6) is 0. The van der Waals surface area contributed by atoms with E-state index in [2.05, 4.69) is 20.4 Å². The second kappa shape index (κ2) is 5.01. The molecule has 2 rings (SSSR count). The van der Waals surface area contributed by atoms with Crippen molar-refractivity contribution in [3.63, 3.8) is 0 Å². The summed E-state index contributed by atoms with van der Waals surface area (Å²) in [7, 11) is 0. The highest BCUT2D eigenvalue weighted by Gasteiger charge is 2.29. The zero-order chi connectivity index (χ0) is 12.3. The van der Waals surface area contributed by atoms with E-state index in [0.29, 0.717) is 17.0 Å². The predicted molar refractivity (Wildman–Crippen MR) is 54.2 cm³/mol. The Morgan fingerprint density at radius 3 is 2.65 bits per heavy atom. The molecule has 0 aromatic carbocycles. The topological polar surface area (TPSA) is 46.0 Å². The third-order valence-corrected chi connectivity index (χ3v) is 2.50. The summed E-state index contributed by atoms with van der Waals surface area (Å²) in [5.41, 5.74) is 0.580. The zero-order valence-corrected chi connectivity index (χ0v) is 9.24. The van der Waals surface area contributed by atoms with Gasteiger partial charge in [0.05, 0.1) is 11.9 Å². The maximum Gasteiger partial charge on any atom is 0.409 e. The van der Waals surface area contributed by atoms with Crippen LogP contribution < -0.4 is 5.32 Å². The second-order valence-corrected chi connectivity index (χ2v) is 4.01. The molecule has 0 radical (unpaired) electrons. The summed E-state index contributed by atoms with van der Waals surface area (Å²) in [4.78, 5) is 2.83.